The molecule has 3 unspecified atom stereocenters. The Balaban J connectivity index is 1.42. The second-order valence-corrected chi connectivity index (χ2v) is 6.85. The predicted molar refractivity (Wildman–Crippen MR) is 72.0 cm³/mol. The van der Waals surface area contributed by atoms with Crippen LogP contribution in [0.15, 0.2) is 0 Å². The van der Waals surface area contributed by atoms with E-state index in [0.717, 1.165) is 23.7 Å². The van der Waals surface area contributed by atoms with Crippen LogP contribution in [0.1, 0.15) is 38.5 Å². The van der Waals surface area contributed by atoms with Crippen LogP contribution in [-0.2, 0) is 0 Å². The van der Waals surface area contributed by atoms with E-state index in [1.807, 2.05) is 0 Å². The highest BCUT2D eigenvalue weighted by Crippen LogP contribution is 2.48. The summed E-state index contributed by atoms with van der Waals surface area (Å²) in [5.41, 5.74) is 0. The Bertz CT molecular complexity index is 247. The van der Waals surface area contributed by atoms with Gasteiger partial charge in [0.1, 0.15) is 0 Å². The SMILES string of the molecule is CN(CC1CCNCC1)CC1CC2CCC1C2. The molecule has 2 nitrogen and oxygen atoms in total. The normalized spacial score (nSPS) is 38.1. The van der Waals surface area contributed by atoms with Crippen molar-refractivity contribution in [2.45, 2.75) is 38.5 Å². The molecule has 17 heavy (non-hydrogen) atoms. The molecule has 2 heteroatoms. The molecule has 1 heterocycles. The van der Waals surface area contributed by atoms with Crippen LogP contribution >= 0.6 is 0 Å². The van der Waals surface area contributed by atoms with E-state index >= 15 is 0 Å². The number of hydrogen-bond donors (Lipinski definition) is 1. The second kappa shape index (κ2) is 5.27. The summed E-state index contributed by atoms with van der Waals surface area (Å²) in [5, 5.41) is 3.46. The van der Waals surface area contributed by atoms with Crippen LogP contribution < -0.4 is 5.32 Å². The average Bonchev–Trinajstić information content (AvgIpc) is 2.92. The minimum absolute atomic E-state index is 0.958. The van der Waals surface area contributed by atoms with E-state index in [4.69, 9.17) is 0 Å². The third-order valence-electron chi connectivity index (χ3n) is 5.46. The van der Waals surface area contributed by atoms with Crippen molar-refractivity contribution in [1.29, 1.82) is 0 Å². The van der Waals surface area contributed by atoms with Gasteiger partial charge in [-0.1, -0.05) is 6.42 Å². The smallest absolute Gasteiger partial charge is 0.000947 e. The van der Waals surface area contributed by atoms with Crippen LogP contribution in [0.3, 0.4) is 0 Å². The van der Waals surface area contributed by atoms with E-state index in [-0.39, 0.29) is 0 Å². The van der Waals surface area contributed by atoms with Gasteiger partial charge in [-0.3, -0.25) is 0 Å². The van der Waals surface area contributed by atoms with Gasteiger partial charge < -0.3 is 10.2 Å². The summed E-state index contributed by atoms with van der Waals surface area (Å²) in [4.78, 5) is 2.64. The summed E-state index contributed by atoms with van der Waals surface area (Å²) in [6.45, 7) is 5.21. The van der Waals surface area contributed by atoms with Crippen LogP contribution in [0.25, 0.3) is 0 Å². The van der Waals surface area contributed by atoms with Crippen LogP contribution in [0.4, 0.5) is 0 Å². The maximum atomic E-state index is 3.46. The molecule has 0 aromatic carbocycles. The summed E-state index contributed by atoms with van der Waals surface area (Å²) in [7, 11) is 2.36. The largest absolute Gasteiger partial charge is 0.317 e. The zero-order valence-corrected chi connectivity index (χ0v) is 11.3. The van der Waals surface area contributed by atoms with E-state index in [1.165, 1.54) is 45.4 Å². The van der Waals surface area contributed by atoms with Crippen LogP contribution in [0, 0.1) is 23.7 Å². The van der Waals surface area contributed by atoms with Gasteiger partial charge in [0.2, 0.25) is 0 Å². The molecule has 0 aromatic heterocycles. The molecule has 2 bridgehead atoms. The fraction of sp³-hybridized carbons (Fsp3) is 1.00. The number of hydrogen-bond acceptors (Lipinski definition) is 2. The van der Waals surface area contributed by atoms with Crippen molar-refractivity contribution >= 4 is 0 Å². The van der Waals surface area contributed by atoms with Crippen molar-refractivity contribution in [1.82, 2.24) is 10.2 Å². The van der Waals surface area contributed by atoms with Gasteiger partial charge in [0.15, 0.2) is 0 Å². The molecule has 0 spiro atoms. The maximum absolute atomic E-state index is 3.46. The lowest BCUT2D eigenvalue weighted by atomic mass is 9.88. The van der Waals surface area contributed by atoms with Gasteiger partial charge in [0, 0.05) is 13.1 Å². The zero-order valence-electron chi connectivity index (χ0n) is 11.3. The third-order valence-corrected chi connectivity index (χ3v) is 5.46. The van der Waals surface area contributed by atoms with Gasteiger partial charge in [-0.2, -0.15) is 0 Å². The monoisotopic (exact) mass is 236 g/mol. The summed E-state index contributed by atoms with van der Waals surface area (Å²) < 4.78 is 0. The van der Waals surface area contributed by atoms with Crippen molar-refractivity contribution in [3.8, 4) is 0 Å². The molecule has 3 fully saturated rings. The molecule has 0 radical (unpaired) electrons. The highest BCUT2D eigenvalue weighted by atomic mass is 15.1. The molecule has 1 aliphatic heterocycles. The Morgan fingerprint density at radius 3 is 2.47 bits per heavy atom. The maximum Gasteiger partial charge on any atom is 0.000947 e. The van der Waals surface area contributed by atoms with E-state index < -0.39 is 0 Å². The minimum atomic E-state index is 0.958. The molecule has 98 valence electrons. The van der Waals surface area contributed by atoms with Crippen LogP contribution in [-0.4, -0.2) is 38.1 Å². The predicted octanol–water partition coefficient (Wildman–Crippen LogP) is 2.35. The van der Waals surface area contributed by atoms with Gasteiger partial charge >= 0.3 is 0 Å². The molecule has 2 aliphatic carbocycles. The Hall–Kier alpha value is -0.0800. The fourth-order valence-electron chi connectivity index (χ4n) is 4.58. The quantitative estimate of drug-likeness (QED) is 0.806. The molecule has 3 atom stereocenters. The summed E-state index contributed by atoms with van der Waals surface area (Å²) in [6.07, 6.45) is 8.96. The van der Waals surface area contributed by atoms with Crippen LogP contribution in [0.5, 0.6) is 0 Å². The standard InChI is InChI=1S/C15H28N2/c1-17(10-12-4-6-16-7-5-12)11-15-9-13-2-3-14(15)8-13/h12-16H,2-11H2,1H3. The van der Waals surface area contributed by atoms with Gasteiger partial charge in [-0.05, 0) is 75.9 Å². The first kappa shape index (κ1) is 12.0. The Kier molecular flexibility index (Phi) is 3.72. The van der Waals surface area contributed by atoms with Gasteiger partial charge in [0.05, 0.1) is 0 Å². The van der Waals surface area contributed by atoms with Gasteiger partial charge in [0.25, 0.3) is 0 Å². The molecule has 3 rings (SSSR count). The van der Waals surface area contributed by atoms with E-state index in [0.29, 0.717) is 0 Å². The molecule has 1 saturated heterocycles. The highest BCUT2D eigenvalue weighted by molar-refractivity contribution is 4.91. The van der Waals surface area contributed by atoms with Crippen molar-refractivity contribution in [2.75, 3.05) is 33.2 Å². The third kappa shape index (κ3) is 2.85. The molecule has 0 aromatic rings. The van der Waals surface area contributed by atoms with E-state index in [1.54, 1.807) is 19.3 Å². The molecular formula is C15H28N2. The first-order valence-electron chi connectivity index (χ1n) is 7.70. The summed E-state index contributed by atoms with van der Waals surface area (Å²) >= 11 is 0. The van der Waals surface area contributed by atoms with Crippen LogP contribution in [0.2, 0.25) is 0 Å². The lowest BCUT2D eigenvalue weighted by Crippen LogP contribution is -2.37. The number of fused-ring (bicyclic) bond motifs is 2. The van der Waals surface area contributed by atoms with Crippen molar-refractivity contribution < 1.29 is 0 Å². The number of nitrogens with one attached hydrogen (secondary N) is 1. The van der Waals surface area contributed by atoms with E-state index in [9.17, 15) is 0 Å². The average molecular weight is 236 g/mol. The molecule has 3 aliphatic rings. The zero-order chi connectivity index (χ0) is 11.7. The lowest BCUT2D eigenvalue weighted by molar-refractivity contribution is 0.183. The molecular weight excluding hydrogens is 208 g/mol. The summed E-state index contributed by atoms with van der Waals surface area (Å²) in [5.74, 6) is 4.20. The summed E-state index contributed by atoms with van der Waals surface area (Å²) in [6, 6.07) is 0. The molecule has 0 amide bonds. The lowest BCUT2D eigenvalue weighted by Gasteiger charge is -2.31. The molecule has 1 N–H and O–H groups in total. The van der Waals surface area contributed by atoms with Crippen molar-refractivity contribution in [2.24, 2.45) is 23.7 Å². The van der Waals surface area contributed by atoms with Crippen molar-refractivity contribution in [3.63, 3.8) is 0 Å². The second-order valence-electron chi connectivity index (χ2n) is 6.85. The van der Waals surface area contributed by atoms with Crippen molar-refractivity contribution in [3.05, 3.63) is 0 Å². The number of nitrogens with zero attached hydrogens (tertiary/aromatic N) is 1. The Labute approximate surface area is 106 Å². The Morgan fingerprint density at radius 1 is 1.00 bits per heavy atom. The van der Waals surface area contributed by atoms with E-state index in [2.05, 4.69) is 17.3 Å². The first-order valence-corrected chi connectivity index (χ1v) is 7.70. The number of rotatable bonds is 4. The minimum Gasteiger partial charge on any atom is -0.317 e. The fourth-order valence-corrected chi connectivity index (χ4v) is 4.58. The first-order chi connectivity index (χ1) is 8.31. The molecule has 2 saturated carbocycles. The number of piperidine rings is 1. The topological polar surface area (TPSA) is 15.3 Å². The Morgan fingerprint density at radius 2 is 1.82 bits per heavy atom. The van der Waals surface area contributed by atoms with Gasteiger partial charge in [-0.15, -0.1) is 0 Å². The highest BCUT2D eigenvalue weighted by Gasteiger charge is 2.39. The van der Waals surface area contributed by atoms with Gasteiger partial charge in [-0.25, -0.2) is 0 Å².